The molecule has 4 rings (SSSR count). The Kier molecular flexibility index (Phi) is 6.59. The Morgan fingerprint density at radius 1 is 0.906 bits per heavy atom. The van der Waals surface area contributed by atoms with Gasteiger partial charge in [-0.05, 0) is 48.6 Å². The van der Waals surface area contributed by atoms with E-state index in [2.05, 4.69) is 18.4 Å². The molecule has 32 heavy (non-hydrogen) atoms. The molecule has 3 aromatic carbocycles. The van der Waals surface area contributed by atoms with Crippen LogP contribution in [0.3, 0.4) is 0 Å². The van der Waals surface area contributed by atoms with Crippen LogP contribution in [0.25, 0.3) is 10.8 Å². The fourth-order valence-electron chi connectivity index (χ4n) is 3.58. The van der Waals surface area contributed by atoms with Gasteiger partial charge in [0.05, 0.1) is 18.8 Å². The molecule has 0 radical (unpaired) electrons. The smallest absolute Gasteiger partial charge is 0.184 e. The first kappa shape index (κ1) is 22.1. The fraction of sp³-hybridized carbons (Fsp3) is 0.231. The maximum Gasteiger partial charge on any atom is 0.184 e. The SMILES string of the molecule is C=CCCC1COC(c2cc(F)c(C#Cc3ccc4c(F)c(F)ccc4c3)c(F)c2)OC1. The second-order valence-electron chi connectivity index (χ2n) is 7.64. The van der Waals surface area contributed by atoms with Gasteiger partial charge in [0.1, 0.15) is 11.6 Å². The van der Waals surface area contributed by atoms with E-state index in [0.717, 1.165) is 31.0 Å². The standard InChI is InChI=1S/C26H20F4O2/c1-2-3-4-17-14-31-26(32-15-17)19-12-23(28)21(24(29)13-19)9-6-16-5-8-20-18(11-16)7-10-22(27)25(20)30/h2,5,7-8,10-13,17,26H,1,3-4,14-15H2. The Bertz CT molecular complexity index is 1190. The number of fused-ring (bicyclic) bond motifs is 1. The lowest BCUT2D eigenvalue weighted by atomic mass is 10.0. The average molecular weight is 440 g/mol. The summed E-state index contributed by atoms with van der Waals surface area (Å²) in [6, 6.07) is 9.12. The minimum absolute atomic E-state index is 0.108. The van der Waals surface area contributed by atoms with Crippen molar-refractivity contribution in [3.05, 3.63) is 95.1 Å². The molecule has 6 heteroatoms. The number of halogens is 4. The first-order valence-electron chi connectivity index (χ1n) is 10.2. The number of ether oxygens (including phenoxy) is 2. The minimum atomic E-state index is -0.950. The molecule has 0 unspecified atom stereocenters. The number of hydrogen-bond donors (Lipinski definition) is 0. The molecule has 1 fully saturated rings. The van der Waals surface area contributed by atoms with Crippen LogP contribution in [0, 0.1) is 41.0 Å². The monoisotopic (exact) mass is 440 g/mol. The van der Waals surface area contributed by atoms with Crippen LogP contribution in [0.15, 0.2) is 55.1 Å². The molecule has 0 saturated carbocycles. The van der Waals surface area contributed by atoms with Gasteiger partial charge in [0.15, 0.2) is 17.9 Å². The highest BCUT2D eigenvalue weighted by Crippen LogP contribution is 2.29. The zero-order valence-corrected chi connectivity index (χ0v) is 17.1. The maximum atomic E-state index is 14.6. The Labute approximate surface area is 183 Å². The first-order valence-corrected chi connectivity index (χ1v) is 10.2. The lowest BCUT2D eigenvalue weighted by molar-refractivity contribution is -0.206. The van der Waals surface area contributed by atoms with Crippen LogP contribution in [0.1, 0.15) is 35.8 Å². The van der Waals surface area contributed by atoms with Crippen LogP contribution in [0.4, 0.5) is 17.6 Å². The molecule has 2 nitrogen and oxygen atoms in total. The van der Waals surface area contributed by atoms with Gasteiger partial charge in [-0.25, -0.2) is 17.6 Å². The van der Waals surface area contributed by atoms with E-state index in [1.807, 2.05) is 6.08 Å². The number of hydrogen-bond acceptors (Lipinski definition) is 2. The van der Waals surface area contributed by atoms with E-state index in [9.17, 15) is 17.6 Å². The quantitative estimate of drug-likeness (QED) is 0.265. The lowest BCUT2D eigenvalue weighted by Gasteiger charge is -2.29. The van der Waals surface area contributed by atoms with Crippen molar-refractivity contribution in [3.8, 4) is 11.8 Å². The van der Waals surface area contributed by atoms with E-state index in [0.29, 0.717) is 24.2 Å². The van der Waals surface area contributed by atoms with Gasteiger partial charge in [0.25, 0.3) is 0 Å². The van der Waals surface area contributed by atoms with Crippen molar-refractivity contribution in [2.45, 2.75) is 19.1 Å². The zero-order chi connectivity index (χ0) is 22.7. The number of allylic oxidation sites excluding steroid dienone is 1. The third-order valence-electron chi connectivity index (χ3n) is 5.32. The molecule has 0 N–H and O–H groups in total. The lowest BCUT2D eigenvalue weighted by Crippen LogP contribution is -2.27. The summed E-state index contributed by atoms with van der Waals surface area (Å²) < 4.78 is 67.6. The molecule has 0 spiro atoms. The van der Waals surface area contributed by atoms with Crippen molar-refractivity contribution in [1.29, 1.82) is 0 Å². The van der Waals surface area contributed by atoms with E-state index in [1.54, 1.807) is 0 Å². The Morgan fingerprint density at radius 3 is 2.31 bits per heavy atom. The summed E-state index contributed by atoms with van der Waals surface area (Å²) in [4.78, 5) is 0. The minimum Gasteiger partial charge on any atom is -0.348 e. The summed E-state index contributed by atoms with van der Waals surface area (Å²) >= 11 is 0. The molecular formula is C26H20F4O2. The second kappa shape index (κ2) is 9.56. The molecule has 164 valence electrons. The van der Waals surface area contributed by atoms with Gasteiger partial charge in [-0.1, -0.05) is 30.0 Å². The molecule has 3 aromatic rings. The van der Waals surface area contributed by atoms with E-state index >= 15 is 0 Å². The summed E-state index contributed by atoms with van der Waals surface area (Å²) in [6.45, 7) is 4.57. The number of benzene rings is 3. The highest BCUT2D eigenvalue weighted by molar-refractivity contribution is 5.84. The third kappa shape index (κ3) is 4.69. The number of rotatable bonds is 4. The van der Waals surface area contributed by atoms with Gasteiger partial charge in [-0.2, -0.15) is 0 Å². The highest BCUT2D eigenvalue weighted by atomic mass is 19.2. The molecule has 0 aliphatic carbocycles. The molecule has 1 aliphatic rings. The van der Waals surface area contributed by atoms with Crippen LogP contribution < -0.4 is 0 Å². The van der Waals surface area contributed by atoms with Crippen molar-refractivity contribution in [3.63, 3.8) is 0 Å². The highest BCUT2D eigenvalue weighted by Gasteiger charge is 2.25. The van der Waals surface area contributed by atoms with E-state index in [1.165, 1.54) is 24.3 Å². The van der Waals surface area contributed by atoms with Crippen molar-refractivity contribution >= 4 is 10.8 Å². The van der Waals surface area contributed by atoms with Crippen molar-refractivity contribution < 1.29 is 27.0 Å². The Morgan fingerprint density at radius 2 is 1.62 bits per heavy atom. The third-order valence-corrected chi connectivity index (χ3v) is 5.32. The van der Waals surface area contributed by atoms with Crippen LogP contribution in [-0.4, -0.2) is 13.2 Å². The van der Waals surface area contributed by atoms with Gasteiger partial charge in [0.2, 0.25) is 0 Å². The van der Waals surface area contributed by atoms with Gasteiger partial charge in [-0.15, -0.1) is 6.58 Å². The second-order valence-corrected chi connectivity index (χ2v) is 7.64. The molecule has 0 atom stereocenters. The first-order chi connectivity index (χ1) is 15.5. The van der Waals surface area contributed by atoms with Crippen LogP contribution in [0.5, 0.6) is 0 Å². The Hall–Kier alpha value is -3.14. The van der Waals surface area contributed by atoms with Crippen molar-refractivity contribution in [1.82, 2.24) is 0 Å². The molecule has 0 amide bonds. The maximum absolute atomic E-state index is 14.6. The van der Waals surface area contributed by atoms with Crippen LogP contribution >= 0.6 is 0 Å². The molecule has 0 bridgehead atoms. The van der Waals surface area contributed by atoms with E-state index in [4.69, 9.17) is 9.47 Å². The molecule has 1 saturated heterocycles. The predicted octanol–water partition coefficient (Wildman–Crippen LogP) is 6.42. The summed E-state index contributed by atoms with van der Waals surface area (Å²) in [5.41, 5.74) is 0.269. The van der Waals surface area contributed by atoms with E-state index < -0.39 is 29.6 Å². The summed E-state index contributed by atoms with van der Waals surface area (Å²) in [5, 5.41) is 0.543. The largest absolute Gasteiger partial charge is 0.348 e. The topological polar surface area (TPSA) is 18.5 Å². The molecule has 1 heterocycles. The van der Waals surface area contributed by atoms with Gasteiger partial charge >= 0.3 is 0 Å². The van der Waals surface area contributed by atoms with Crippen LogP contribution in [-0.2, 0) is 9.47 Å². The normalized spacial score (nSPS) is 18.2. The fourth-order valence-corrected chi connectivity index (χ4v) is 3.58. The van der Waals surface area contributed by atoms with Crippen molar-refractivity contribution in [2.75, 3.05) is 13.2 Å². The summed E-state index contributed by atoms with van der Waals surface area (Å²) in [7, 11) is 0. The van der Waals surface area contributed by atoms with Gasteiger partial charge in [-0.3, -0.25) is 0 Å². The predicted molar refractivity (Wildman–Crippen MR) is 114 cm³/mol. The van der Waals surface area contributed by atoms with Crippen LogP contribution in [0.2, 0.25) is 0 Å². The zero-order valence-electron chi connectivity index (χ0n) is 17.1. The summed E-state index contributed by atoms with van der Waals surface area (Å²) in [6.07, 6.45) is 2.72. The van der Waals surface area contributed by atoms with Gasteiger partial charge in [0, 0.05) is 22.4 Å². The molecular weight excluding hydrogens is 420 g/mol. The molecule has 0 aromatic heterocycles. The van der Waals surface area contributed by atoms with Gasteiger partial charge < -0.3 is 9.47 Å². The van der Waals surface area contributed by atoms with E-state index in [-0.39, 0.29) is 22.4 Å². The van der Waals surface area contributed by atoms with Crippen molar-refractivity contribution in [2.24, 2.45) is 5.92 Å². The summed E-state index contributed by atoms with van der Waals surface area (Å²) in [5.74, 6) is 1.83. The molecule has 1 aliphatic heterocycles. The average Bonchev–Trinajstić information content (AvgIpc) is 2.80. The Balaban J connectivity index is 1.53.